The van der Waals surface area contributed by atoms with Gasteiger partial charge in [-0.05, 0) is 24.8 Å². The SMILES string of the molecule is CCCC(CCO)CNC(=O)Nc1ccc([N+](=O)[O-])cc1Cl. The van der Waals surface area contributed by atoms with Crippen molar-refractivity contribution in [2.24, 2.45) is 5.92 Å². The summed E-state index contributed by atoms with van der Waals surface area (Å²) in [7, 11) is 0. The number of amides is 2. The lowest BCUT2D eigenvalue weighted by Gasteiger charge is -2.16. The van der Waals surface area contributed by atoms with Gasteiger partial charge in [0.25, 0.3) is 5.69 Å². The summed E-state index contributed by atoms with van der Waals surface area (Å²) in [5.74, 6) is 0.216. The molecule has 0 radical (unpaired) electrons. The molecule has 1 aromatic carbocycles. The summed E-state index contributed by atoms with van der Waals surface area (Å²) in [5.41, 5.74) is 0.167. The lowest BCUT2D eigenvalue weighted by molar-refractivity contribution is -0.384. The summed E-state index contributed by atoms with van der Waals surface area (Å²) in [6.07, 6.45) is 2.52. The summed E-state index contributed by atoms with van der Waals surface area (Å²) < 4.78 is 0. The smallest absolute Gasteiger partial charge is 0.319 e. The maximum atomic E-state index is 11.8. The van der Waals surface area contributed by atoms with E-state index in [0.717, 1.165) is 12.8 Å². The number of carbonyl (C=O) groups excluding carboxylic acids is 1. The zero-order chi connectivity index (χ0) is 16.5. The number of non-ortho nitro benzene ring substituents is 1. The van der Waals surface area contributed by atoms with Gasteiger partial charge in [0.2, 0.25) is 0 Å². The third kappa shape index (κ3) is 5.87. The molecule has 0 saturated carbocycles. The standard InChI is InChI=1S/C14H20ClN3O4/c1-2-3-10(6-7-19)9-16-14(20)17-13-5-4-11(18(21)22)8-12(13)15/h4-5,8,10,19H,2-3,6-7,9H2,1H3,(H2,16,17,20). The highest BCUT2D eigenvalue weighted by molar-refractivity contribution is 6.33. The molecule has 0 bridgehead atoms. The van der Waals surface area contributed by atoms with Crippen LogP contribution < -0.4 is 10.6 Å². The molecule has 1 rings (SSSR count). The molecule has 7 nitrogen and oxygen atoms in total. The first-order valence-electron chi connectivity index (χ1n) is 7.07. The number of halogens is 1. The molecule has 0 fully saturated rings. The van der Waals surface area contributed by atoms with Gasteiger partial charge in [-0.2, -0.15) is 0 Å². The Morgan fingerprint density at radius 3 is 2.73 bits per heavy atom. The Labute approximate surface area is 133 Å². The van der Waals surface area contributed by atoms with Crippen molar-refractivity contribution >= 4 is 29.0 Å². The van der Waals surface area contributed by atoms with Crippen LogP contribution in [0.4, 0.5) is 16.2 Å². The largest absolute Gasteiger partial charge is 0.396 e. The molecule has 1 atom stereocenters. The molecular formula is C14H20ClN3O4. The minimum atomic E-state index is -0.556. The van der Waals surface area contributed by atoms with Gasteiger partial charge in [-0.25, -0.2) is 4.79 Å². The van der Waals surface area contributed by atoms with Crippen molar-refractivity contribution in [1.82, 2.24) is 5.32 Å². The van der Waals surface area contributed by atoms with E-state index in [1.165, 1.54) is 18.2 Å². The van der Waals surface area contributed by atoms with Crippen molar-refractivity contribution in [2.75, 3.05) is 18.5 Å². The van der Waals surface area contributed by atoms with E-state index in [4.69, 9.17) is 16.7 Å². The fourth-order valence-corrected chi connectivity index (χ4v) is 2.28. The molecule has 0 aliphatic heterocycles. The van der Waals surface area contributed by atoms with Gasteiger partial charge in [-0.15, -0.1) is 0 Å². The number of aliphatic hydroxyl groups is 1. The number of urea groups is 1. The summed E-state index contributed by atoms with van der Waals surface area (Å²) in [6.45, 7) is 2.58. The topological polar surface area (TPSA) is 104 Å². The molecular weight excluding hydrogens is 310 g/mol. The molecule has 0 spiro atoms. The van der Waals surface area contributed by atoms with Crippen molar-refractivity contribution in [3.8, 4) is 0 Å². The fourth-order valence-electron chi connectivity index (χ4n) is 2.06. The summed E-state index contributed by atoms with van der Waals surface area (Å²) >= 11 is 5.90. The second-order valence-corrected chi connectivity index (χ2v) is 5.33. The molecule has 0 heterocycles. The summed E-state index contributed by atoms with van der Waals surface area (Å²) in [4.78, 5) is 21.9. The number of aliphatic hydroxyl groups excluding tert-OH is 1. The van der Waals surface area contributed by atoms with E-state index in [1.54, 1.807) is 0 Å². The minimum absolute atomic E-state index is 0.0855. The van der Waals surface area contributed by atoms with Gasteiger partial charge in [-0.3, -0.25) is 10.1 Å². The first-order valence-corrected chi connectivity index (χ1v) is 7.45. The van der Waals surface area contributed by atoms with Gasteiger partial charge in [0.05, 0.1) is 15.6 Å². The molecule has 0 aliphatic carbocycles. The number of nitro groups is 1. The van der Waals surface area contributed by atoms with Crippen molar-refractivity contribution in [3.05, 3.63) is 33.3 Å². The first kappa shape index (κ1) is 18.2. The number of rotatable bonds is 8. The number of carbonyl (C=O) groups is 1. The number of anilines is 1. The van der Waals surface area contributed by atoms with Crippen LogP contribution in [0.5, 0.6) is 0 Å². The Bertz CT molecular complexity index is 519. The normalized spacial score (nSPS) is 11.8. The van der Waals surface area contributed by atoms with Gasteiger partial charge in [-0.1, -0.05) is 24.9 Å². The highest BCUT2D eigenvalue weighted by Gasteiger charge is 2.13. The molecule has 1 unspecified atom stereocenters. The van der Waals surface area contributed by atoms with E-state index in [0.29, 0.717) is 18.7 Å². The zero-order valence-corrected chi connectivity index (χ0v) is 13.1. The maximum Gasteiger partial charge on any atom is 0.319 e. The van der Waals surface area contributed by atoms with Crippen molar-refractivity contribution < 1.29 is 14.8 Å². The second-order valence-electron chi connectivity index (χ2n) is 4.92. The number of benzene rings is 1. The number of nitrogens with zero attached hydrogens (tertiary/aromatic N) is 1. The number of hydrogen-bond donors (Lipinski definition) is 3. The maximum absolute atomic E-state index is 11.8. The second kappa shape index (κ2) is 9.22. The van der Waals surface area contributed by atoms with Crippen molar-refractivity contribution in [1.29, 1.82) is 0 Å². The monoisotopic (exact) mass is 329 g/mol. The van der Waals surface area contributed by atoms with Gasteiger partial charge in [0.1, 0.15) is 0 Å². The quantitative estimate of drug-likeness (QED) is 0.503. The van der Waals surface area contributed by atoms with Gasteiger partial charge >= 0.3 is 6.03 Å². The predicted octanol–water partition coefficient (Wildman–Crippen LogP) is 3.17. The zero-order valence-electron chi connectivity index (χ0n) is 12.3. The molecule has 3 N–H and O–H groups in total. The highest BCUT2D eigenvalue weighted by Crippen LogP contribution is 2.26. The van der Waals surface area contributed by atoms with Crippen molar-refractivity contribution in [2.45, 2.75) is 26.2 Å². The van der Waals surface area contributed by atoms with E-state index >= 15 is 0 Å². The van der Waals surface area contributed by atoms with Crippen LogP contribution in [-0.2, 0) is 0 Å². The fraction of sp³-hybridized carbons (Fsp3) is 0.500. The number of nitro benzene ring substituents is 1. The average Bonchev–Trinajstić information content (AvgIpc) is 2.47. The van der Waals surface area contributed by atoms with Crippen LogP contribution in [0.15, 0.2) is 18.2 Å². The molecule has 8 heteroatoms. The van der Waals surface area contributed by atoms with E-state index in [2.05, 4.69) is 10.6 Å². The lowest BCUT2D eigenvalue weighted by atomic mass is 10.0. The molecule has 122 valence electrons. The molecule has 2 amide bonds. The van der Waals surface area contributed by atoms with Crippen molar-refractivity contribution in [3.63, 3.8) is 0 Å². The lowest BCUT2D eigenvalue weighted by Crippen LogP contribution is -2.33. The minimum Gasteiger partial charge on any atom is -0.396 e. The van der Waals surface area contributed by atoms with Gasteiger partial charge < -0.3 is 15.7 Å². The van der Waals surface area contributed by atoms with E-state index in [-0.39, 0.29) is 23.2 Å². The average molecular weight is 330 g/mol. The predicted molar refractivity (Wildman–Crippen MR) is 85.2 cm³/mol. The van der Waals surface area contributed by atoms with E-state index in [9.17, 15) is 14.9 Å². The van der Waals surface area contributed by atoms with E-state index in [1.807, 2.05) is 6.92 Å². The Morgan fingerprint density at radius 2 is 2.18 bits per heavy atom. The molecule has 1 aromatic rings. The van der Waals surface area contributed by atoms with Gasteiger partial charge in [0, 0.05) is 25.3 Å². The van der Waals surface area contributed by atoms with Crippen LogP contribution in [0.1, 0.15) is 26.2 Å². The van der Waals surface area contributed by atoms with Gasteiger partial charge in [0.15, 0.2) is 0 Å². The Kier molecular flexibility index (Phi) is 7.62. The Hall–Kier alpha value is -1.86. The Balaban J connectivity index is 2.56. The molecule has 22 heavy (non-hydrogen) atoms. The van der Waals surface area contributed by atoms with Crippen LogP contribution in [0.25, 0.3) is 0 Å². The highest BCUT2D eigenvalue weighted by atomic mass is 35.5. The molecule has 0 aromatic heterocycles. The molecule has 0 aliphatic rings. The van der Waals surface area contributed by atoms with Crippen LogP contribution in [0, 0.1) is 16.0 Å². The first-order chi connectivity index (χ1) is 10.5. The molecule has 0 saturated heterocycles. The third-order valence-corrected chi connectivity index (χ3v) is 3.51. The Morgan fingerprint density at radius 1 is 1.45 bits per heavy atom. The summed E-state index contributed by atoms with van der Waals surface area (Å²) in [6, 6.07) is 3.41. The van der Waals surface area contributed by atoms with Crippen LogP contribution >= 0.6 is 11.6 Å². The number of hydrogen-bond acceptors (Lipinski definition) is 4. The van der Waals surface area contributed by atoms with Crippen LogP contribution in [-0.4, -0.2) is 29.2 Å². The van der Waals surface area contributed by atoms with E-state index < -0.39 is 11.0 Å². The third-order valence-electron chi connectivity index (χ3n) is 3.20. The van der Waals surface area contributed by atoms with Crippen LogP contribution in [0.2, 0.25) is 5.02 Å². The van der Waals surface area contributed by atoms with Crippen LogP contribution in [0.3, 0.4) is 0 Å². The summed E-state index contributed by atoms with van der Waals surface area (Å²) in [5, 5.41) is 24.9. The number of nitrogens with one attached hydrogen (secondary N) is 2.